The fraction of sp³-hybridized carbons (Fsp3) is 0.667. The molecular weight excluding hydrogens is 1270 g/mol. The second kappa shape index (κ2) is 59.8. The summed E-state index contributed by atoms with van der Waals surface area (Å²) in [5.41, 5.74) is 0. The van der Waals surface area contributed by atoms with E-state index in [4.69, 9.17) is 28.4 Å². The molecular formula is C81H131NO18. The summed E-state index contributed by atoms with van der Waals surface area (Å²) in [6.45, 7) is 1.55. The molecule has 3 aliphatic rings. The van der Waals surface area contributed by atoms with Crippen molar-refractivity contribution in [2.75, 3.05) is 26.4 Å². The maximum atomic E-state index is 13.4. The smallest absolute Gasteiger partial charge is 0.220 e. The molecule has 3 heterocycles. The monoisotopic (exact) mass is 1410 g/mol. The Morgan fingerprint density at radius 1 is 0.370 bits per heavy atom. The zero-order valence-electron chi connectivity index (χ0n) is 60.4. The summed E-state index contributed by atoms with van der Waals surface area (Å²) in [7, 11) is 0. The highest BCUT2D eigenvalue weighted by molar-refractivity contribution is 5.76. The van der Waals surface area contributed by atoms with Crippen LogP contribution in [0, 0.1) is 0 Å². The van der Waals surface area contributed by atoms with Gasteiger partial charge in [-0.25, -0.2) is 0 Å². The van der Waals surface area contributed by atoms with Gasteiger partial charge >= 0.3 is 0 Å². The van der Waals surface area contributed by atoms with E-state index in [2.05, 4.69) is 165 Å². The molecule has 17 atom stereocenters. The summed E-state index contributed by atoms with van der Waals surface area (Å²) in [6, 6.07) is -1.03. The van der Waals surface area contributed by atoms with Gasteiger partial charge in [-0.1, -0.05) is 242 Å². The predicted octanol–water partition coefficient (Wildman–Crippen LogP) is 11.7. The van der Waals surface area contributed by atoms with Crippen LogP contribution >= 0.6 is 0 Å². The molecule has 0 aromatic rings. The largest absolute Gasteiger partial charge is 0.394 e. The highest BCUT2D eigenvalue weighted by Crippen LogP contribution is 2.33. The van der Waals surface area contributed by atoms with E-state index in [0.29, 0.717) is 12.8 Å². The number of hydrogen-bond donors (Lipinski definition) is 12. The van der Waals surface area contributed by atoms with Crippen molar-refractivity contribution in [3.63, 3.8) is 0 Å². The normalized spacial score (nSPS) is 27.4. The molecule has 100 heavy (non-hydrogen) atoms. The summed E-state index contributed by atoms with van der Waals surface area (Å²) in [5.74, 6) is -0.338. The topological polar surface area (TPSA) is 307 Å². The molecule has 3 aliphatic heterocycles. The second-order valence-electron chi connectivity index (χ2n) is 26.0. The first-order chi connectivity index (χ1) is 48.8. The SMILES string of the molecule is CC/C=C\C/C=C\C/C=C\C/C=C\C/C=C\C/C=C\C/C=C\C/C=C\C/C=C\C/C=C\CCCCC(=O)NC(COC1OC(CO)C(OC2OC(CO)C(OC3OC(CO)C(O)C(O)C3O)C(O)C2O)C(O)C1O)C(O)/C=C/CC/C=C/CC/C=C/CCCCCCCCCCCCCC. The molecule has 0 radical (unpaired) electrons. The Balaban J connectivity index is 1.44. The van der Waals surface area contributed by atoms with Crippen molar-refractivity contribution >= 4 is 5.91 Å². The summed E-state index contributed by atoms with van der Waals surface area (Å²) in [6.07, 6.45) is 60.8. The Hall–Kier alpha value is -4.59. The van der Waals surface area contributed by atoms with Gasteiger partial charge in [-0.2, -0.15) is 0 Å². The summed E-state index contributed by atoms with van der Waals surface area (Å²) >= 11 is 0. The van der Waals surface area contributed by atoms with Crippen molar-refractivity contribution in [1.82, 2.24) is 5.32 Å². The van der Waals surface area contributed by atoms with Gasteiger partial charge in [-0.3, -0.25) is 4.79 Å². The molecule has 1 amide bonds. The Labute approximate surface area is 599 Å². The van der Waals surface area contributed by atoms with E-state index < -0.39 is 131 Å². The van der Waals surface area contributed by atoms with E-state index in [-0.39, 0.29) is 12.3 Å². The second-order valence-corrected chi connectivity index (χ2v) is 26.0. The van der Waals surface area contributed by atoms with Crippen molar-refractivity contribution in [1.29, 1.82) is 0 Å². The molecule has 0 spiro atoms. The number of allylic oxidation sites excluding steroid dienone is 25. The van der Waals surface area contributed by atoms with Crippen molar-refractivity contribution < 1.29 is 89.4 Å². The minimum atomic E-state index is -2.00. The quantitative estimate of drug-likeness (QED) is 0.0199. The lowest BCUT2D eigenvalue weighted by molar-refractivity contribution is -0.379. The van der Waals surface area contributed by atoms with E-state index in [1.165, 1.54) is 77.0 Å². The van der Waals surface area contributed by atoms with E-state index in [1.807, 2.05) is 6.08 Å². The van der Waals surface area contributed by atoms with Crippen LogP contribution in [-0.4, -0.2) is 193 Å². The average molecular weight is 1410 g/mol. The third-order valence-electron chi connectivity index (χ3n) is 17.5. The van der Waals surface area contributed by atoms with E-state index >= 15 is 0 Å². The number of carbonyl (C=O) groups is 1. The van der Waals surface area contributed by atoms with Crippen molar-refractivity contribution in [2.24, 2.45) is 0 Å². The first-order valence-corrected chi connectivity index (χ1v) is 37.7. The lowest BCUT2D eigenvalue weighted by Crippen LogP contribution is -2.66. The maximum Gasteiger partial charge on any atom is 0.220 e. The van der Waals surface area contributed by atoms with Crippen LogP contribution in [0.1, 0.15) is 213 Å². The number of carbonyl (C=O) groups excluding carboxylic acids is 1. The summed E-state index contributed by atoms with van der Waals surface area (Å²) in [5, 5.41) is 121. The maximum absolute atomic E-state index is 13.4. The Morgan fingerprint density at radius 2 is 0.700 bits per heavy atom. The molecule has 19 heteroatoms. The van der Waals surface area contributed by atoms with Crippen molar-refractivity contribution in [3.05, 3.63) is 158 Å². The van der Waals surface area contributed by atoms with Crippen molar-refractivity contribution in [3.8, 4) is 0 Å². The number of nitrogens with one attached hydrogen (secondary N) is 1. The van der Waals surface area contributed by atoms with Gasteiger partial charge < -0.3 is 89.9 Å². The van der Waals surface area contributed by atoms with E-state index in [1.54, 1.807) is 6.08 Å². The van der Waals surface area contributed by atoms with Crippen LogP contribution in [0.2, 0.25) is 0 Å². The minimum absolute atomic E-state index is 0.165. The summed E-state index contributed by atoms with van der Waals surface area (Å²) in [4.78, 5) is 13.4. The molecule has 0 saturated carbocycles. The van der Waals surface area contributed by atoms with Gasteiger partial charge in [0.15, 0.2) is 18.9 Å². The predicted molar refractivity (Wildman–Crippen MR) is 396 cm³/mol. The molecule has 568 valence electrons. The van der Waals surface area contributed by atoms with E-state index in [9.17, 15) is 61.0 Å². The Morgan fingerprint density at radius 3 is 1.12 bits per heavy atom. The van der Waals surface area contributed by atoms with Gasteiger partial charge in [0.1, 0.15) is 73.2 Å². The fourth-order valence-corrected chi connectivity index (χ4v) is 11.5. The van der Waals surface area contributed by atoms with E-state index in [0.717, 1.165) is 103 Å². The number of aliphatic hydroxyl groups excluding tert-OH is 11. The van der Waals surface area contributed by atoms with Crippen LogP contribution in [0.15, 0.2) is 158 Å². The van der Waals surface area contributed by atoms with Gasteiger partial charge in [-0.05, 0) is 122 Å². The highest BCUT2D eigenvalue weighted by Gasteiger charge is 2.53. The van der Waals surface area contributed by atoms with Crippen LogP contribution in [0.4, 0.5) is 0 Å². The lowest BCUT2D eigenvalue weighted by Gasteiger charge is -2.48. The van der Waals surface area contributed by atoms with Gasteiger partial charge in [0.05, 0.1) is 38.6 Å². The number of ether oxygens (including phenoxy) is 6. The van der Waals surface area contributed by atoms with Crippen LogP contribution in [0.25, 0.3) is 0 Å². The molecule has 3 fully saturated rings. The zero-order chi connectivity index (χ0) is 72.5. The molecule has 0 bridgehead atoms. The van der Waals surface area contributed by atoms with Gasteiger partial charge in [-0.15, -0.1) is 0 Å². The Kier molecular flexibility index (Phi) is 53.6. The average Bonchev–Trinajstić information content (AvgIpc) is 0.783. The third-order valence-corrected chi connectivity index (χ3v) is 17.5. The Bertz CT molecular complexity index is 2430. The molecule has 3 saturated heterocycles. The molecule has 3 rings (SSSR count). The van der Waals surface area contributed by atoms with Gasteiger partial charge in [0.25, 0.3) is 0 Å². The number of amides is 1. The molecule has 12 N–H and O–H groups in total. The summed E-state index contributed by atoms with van der Waals surface area (Å²) < 4.78 is 34.3. The first-order valence-electron chi connectivity index (χ1n) is 37.7. The third kappa shape index (κ3) is 39.9. The highest BCUT2D eigenvalue weighted by atomic mass is 16.8. The number of rotatable bonds is 56. The number of unbranched alkanes of at least 4 members (excludes halogenated alkanes) is 16. The zero-order valence-corrected chi connectivity index (χ0v) is 60.4. The first kappa shape index (κ1) is 89.6. The van der Waals surface area contributed by atoms with Gasteiger partial charge in [0.2, 0.25) is 5.91 Å². The fourth-order valence-electron chi connectivity index (χ4n) is 11.5. The standard InChI is InChI=1S/C81H131NO18/c1-3-5-7-9-11-13-15-17-19-21-23-25-27-28-29-30-31-32-33-34-35-36-37-39-41-43-45-47-49-51-53-55-57-59-69(87)82-64(65(86)58-56-54-52-50-48-46-44-42-40-38-26-24-22-20-18-16-14-12-10-8-6-4-2)63-95-79-75(93)72(90)77(67(61-84)97-79)100-81-76(94)73(91)78(68(62-85)98-81)99-80-74(92)71(89)70(88)66(60-83)96-80/h5,7,11,13,17,19,23,25,28-29,31-32,34-35,37,39-40,42-43,45,48-51,56,58,64-68,70-81,83-86,88-94H,3-4,6,8-10,12,14-16,18,20-22,24,26-27,30,33,36,38,41,44,46-47,52-55,57,59-63H2,1-2H3,(H,82,87)/b7-5-,13-11-,19-17-,25-23-,29-28-,32-31-,35-34-,39-37-,42-40+,45-43-,50-48+,51-49-,58-56+. The minimum Gasteiger partial charge on any atom is -0.394 e. The molecule has 0 aromatic carbocycles. The van der Waals surface area contributed by atoms with Crippen molar-refractivity contribution in [2.45, 2.75) is 317 Å². The van der Waals surface area contributed by atoms with Crippen LogP contribution in [-0.2, 0) is 33.2 Å². The lowest BCUT2D eigenvalue weighted by atomic mass is 9.96. The molecule has 19 nitrogen and oxygen atoms in total. The van der Waals surface area contributed by atoms with Crippen LogP contribution in [0.5, 0.6) is 0 Å². The molecule has 0 aromatic heterocycles. The number of aliphatic hydroxyl groups is 11. The van der Waals surface area contributed by atoms with Crippen LogP contribution in [0.3, 0.4) is 0 Å². The van der Waals surface area contributed by atoms with Crippen LogP contribution < -0.4 is 5.32 Å². The van der Waals surface area contributed by atoms with Gasteiger partial charge in [0, 0.05) is 6.42 Å². The molecule has 17 unspecified atom stereocenters. The number of hydrogen-bond acceptors (Lipinski definition) is 18. The molecule has 0 aliphatic carbocycles.